The van der Waals surface area contributed by atoms with Gasteiger partial charge in [0.15, 0.2) is 11.5 Å². The number of aromatic nitrogens is 2. The lowest BCUT2D eigenvalue weighted by molar-refractivity contribution is 0.0950. The van der Waals surface area contributed by atoms with Crippen molar-refractivity contribution in [2.45, 2.75) is 6.61 Å². The number of amides is 1. The summed E-state index contributed by atoms with van der Waals surface area (Å²) >= 11 is 0. The number of methoxy groups -OCH3 is 2. The molecule has 0 aliphatic rings. The van der Waals surface area contributed by atoms with Crippen molar-refractivity contribution in [2.75, 3.05) is 14.2 Å². The van der Waals surface area contributed by atoms with E-state index in [1.807, 2.05) is 54.6 Å². The van der Waals surface area contributed by atoms with Gasteiger partial charge >= 0.3 is 0 Å². The molecule has 0 spiro atoms. The molecule has 0 radical (unpaired) electrons. The summed E-state index contributed by atoms with van der Waals surface area (Å²) in [6.07, 6.45) is 1.52. The first kappa shape index (κ1) is 22.6. The molecule has 0 fully saturated rings. The molecule has 2 N–H and O–H groups in total. The molecule has 172 valence electrons. The highest BCUT2D eigenvalue weighted by atomic mass is 16.5. The van der Waals surface area contributed by atoms with Crippen LogP contribution in [0.5, 0.6) is 17.2 Å². The monoisotopic (exact) mass is 456 g/mol. The van der Waals surface area contributed by atoms with E-state index in [1.165, 1.54) is 6.21 Å². The zero-order chi connectivity index (χ0) is 23.8. The number of H-pyrrole nitrogens is 1. The Balaban J connectivity index is 1.42. The van der Waals surface area contributed by atoms with Crippen LogP contribution in [-0.4, -0.2) is 36.5 Å². The van der Waals surface area contributed by atoms with Crippen molar-refractivity contribution in [3.05, 3.63) is 95.7 Å². The van der Waals surface area contributed by atoms with Crippen molar-refractivity contribution in [1.29, 1.82) is 0 Å². The second-order valence-electron chi connectivity index (χ2n) is 7.25. The van der Waals surface area contributed by atoms with Gasteiger partial charge in [0, 0.05) is 5.56 Å². The van der Waals surface area contributed by atoms with Gasteiger partial charge in [0.2, 0.25) is 0 Å². The van der Waals surface area contributed by atoms with Crippen LogP contribution >= 0.6 is 0 Å². The van der Waals surface area contributed by atoms with E-state index in [0.717, 1.165) is 16.7 Å². The minimum atomic E-state index is -0.418. The lowest BCUT2D eigenvalue weighted by Gasteiger charge is -2.10. The molecule has 0 atom stereocenters. The Labute approximate surface area is 197 Å². The zero-order valence-electron chi connectivity index (χ0n) is 18.8. The number of benzene rings is 3. The van der Waals surface area contributed by atoms with Crippen molar-refractivity contribution in [3.63, 3.8) is 0 Å². The van der Waals surface area contributed by atoms with E-state index in [-0.39, 0.29) is 5.69 Å². The largest absolute Gasteiger partial charge is 0.493 e. The van der Waals surface area contributed by atoms with E-state index in [0.29, 0.717) is 29.5 Å². The fourth-order valence-electron chi connectivity index (χ4n) is 3.27. The van der Waals surface area contributed by atoms with Gasteiger partial charge in [-0.25, -0.2) is 5.43 Å². The summed E-state index contributed by atoms with van der Waals surface area (Å²) in [6.45, 7) is 0.431. The second-order valence-corrected chi connectivity index (χ2v) is 7.25. The van der Waals surface area contributed by atoms with Crippen molar-refractivity contribution >= 4 is 12.1 Å². The third-order valence-electron chi connectivity index (χ3n) is 5.01. The fraction of sp³-hybridized carbons (Fsp3) is 0.115. The molecule has 0 unspecified atom stereocenters. The Hall–Kier alpha value is -4.59. The SMILES string of the molecule is COc1ccc(C=NNC(=O)c2cc(-c3ccccc3OCc3ccccc3)n[nH]2)cc1OC. The van der Waals surface area contributed by atoms with Gasteiger partial charge in [-0.05, 0) is 47.5 Å². The number of carbonyl (C=O) groups is 1. The minimum absolute atomic E-state index is 0.275. The van der Waals surface area contributed by atoms with Crippen LogP contribution in [0.1, 0.15) is 21.6 Å². The van der Waals surface area contributed by atoms with Gasteiger partial charge in [-0.2, -0.15) is 10.2 Å². The van der Waals surface area contributed by atoms with Crippen LogP contribution in [0.15, 0.2) is 84.0 Å². The summed E-state index contributed by atoms with van der Waals surface area (Å²) in [5.41, 5.74) is 5.95. The second kappa shape index (κ2) is 10.8. The van der Waals surface area contributed by atoms with Gasteiger partial charge in [0.05, 0.1) is 26.1 Å². The molecule has 0 aliphatic carbocycles. The molecule has 8 nitrogen and oxygen atoms in total. The number of hydrazone groups is 1. The Morgan fingerprint density at radius 1 is 0.941 bits per heavy atom. The van der Waals surface area contributed by atoms with Crippen molar-refractivity contribution < 1.29 is 19.0 Å². The normalized spacial score (nSPS) is 10.8. The maximum absolute atomic E-state index is 12.5. The van der Waals surface area contributed by atoms with Gasteiger partial charge in [-0.1, -0.05) is 42.5 Å². The first-order valence-electron chi connectivity index (χ1n) is 10.5. The maximum Gasteiger partial charge on any atom is 0.289 e. The minimum Gasteiger partial charge on any atom is -0.493 e. The number of hydrogen-bond acceptors (Lipinski definition) is 6. The Bertz CT molecular complexity index is 1280. The number of rotatable bonds is 9. The Morgan fingerprint density at radius 2 is 1.71 bits per heavy atom. The number of para-hydroxylation sites is 1. The molecule has 3 aromatic carbocycles. The molecular weight excluding hydrogens is 432 g/mol. The zero-order valence-corrected chi connectivity index (χ0v) is 18.8. The number of aromatic amines is 1. The number of hydrogen-bond donors (Lipinski definition) is 2. The van der Waals surface area contributed by atoms with Crippen LogP contribution < -0.4 is 19.6 Å². The highest BCUT2D eigenvalue weighted by Gasteiger charge is 2.14. The van der Waals surface area contributed by atoms with Gasteiger partial charge in [0.25, 0.3) is 5.91 Å². The number of nitrogens with zero attached hydrogens (tertiary/aromatic N) is 2. The third-order valence-corrected chi connectivity index (χ3v) is 5.01. The molecule has 4 aromatic rings. The Morgan fingerprint density at radius 3 is 2.50 bits per heavy atom. The maximum atomic E-state index is 12.5. The summed E-state index contributed by atoms with van der Waals surface area (Å²) in [6, 6.07) is 24.5. The quantitative estimate of drug-likeness (QED) is 0.287. The molecule has 8 heteroatoms. The van der Waals surface area contributed by atoms with Crippen LogP contribution in [0, 0.1) is 0 Å². The number of carbonyl (C=O) groups excluding carboxylic acids is 1. The summed E-state index contributed by atoms with van der Waals surface area (Å²) in [7, 11) is 3.12. The first-order valence-corrected chi connectivity index (χ1v) is 10.5. The highest BCUT2D eigenvalue weighted by Crippen LogP contribution is 2.29. The molecule has 0 bridgehead atoms. The lowest BCUT2D eigenvalue weighted by atomic mass is 10.1. The summed E-state index contributed by atoms with van der Waals surface area (Å²) in [5.74, 6) is 1.44. The number of nitrogens with one attached hydrogen (secondary N) is 2. The predicted octanol–water partition coefficient (Wildman–Crippen LogP) is 4.44. The van der Waals surface area contributed by atoms with Crippen LogP contribution in [-0.2, 0) is 6.61 Å². The predicted molar refractivity (Wildman–Crippen MR) is 129 cm³/mol. The van der Waals surface area contributed by atoms with Crippen molar-refractivity contribution in [2.24, 2.45) is 5.10 Å². The average Bonchev–Trinajstić information content (AvgIpc) is 3.38. The molecular formula is C26H24N4O4. The van der Waals surface area contributed by atoms with Crippen LogP contribution in [0.2, 0.25) is 0 Å². The highest BCUT2D eigenvalue weighted by molar-refractivity contribution is 5.94. The summed E-state index contributed by atoms with van der Waals surface area (Å²) in [5, 5.41) is 11.1. The molecule has 34 heavy (non-hydrogen) atoms. The Kier molecular flexibility index (Phi) is 7.19. The van der Waals surface area contributed by atoms with E-state index in [9.17, 15) is 4.79 Å². The van der Waals surface area contributed by atoms with Crippen LogP contribution in [0.25, 0.3) is 11.3 Å². The molecule has 1 amide bonds. The third kappa shape index (κ3) is 5.42. The lowest BCUT2D eigenvalue weighted by Crippen LogP contribution is -2.18. The molecule has 1 heterocycles. The molecule has 1 aromatic heterocycles. The standard InChI is InChI=1S/C26H24N4O4/c1-32-24-13-12-19(14-25(24)33-2)16-27-30-26(31)22-15-21(28-29-22)20-10-6-7-11-23(20)34-17-18-8-4-3-5-9-18/h3-16H,17H2,1-2H3,(H,28,29)(H,30,31). The summed E-state index contributed by atoms with van der Waals surface area (Å²) in [4.78, 5) is 12.5. The van der Waals surface area contributed by atoms with Gasteiger partial charge in [0.1, 0.15) is 18.1 Å². The van der Waals surface area contributed by atoms with E-state index < -0.39 is 5.91 Å². The van der Waals surface area contributed by atoms with Crippen molar-refractivity contribution in [1.82, 2.24) is 15.6 Å². The smallest absolute Gasteiger partial charge is 0.289 e. The van der Waals surface area contributed by atoms with Gasteiger partial charge in [-0.15, -0.1) is 0 Å². The molecule has 0 aliphatic heterocycles. The molecule has 0 saturated heterocycles. The molecule has 4 rings (SSSR count). The first-order chi connectivity index (χ1) is 16.7. The van der Waals surface area contributed by atoms with Crippen LogP contribution in [0.4, 0.5) is 0 Å². The fourth-order valence-corrected chi connectivity index (χ4v) is 3.27. The number of ether oxygens (including phenoxy) is 3. The van der Waals surface area contributed by atoms with E-state index in [2.05, 4.69) is 20.7 Å². The van der Waals surface area contributed by atoms with Crippen molar-refractivity contribution in [3.8, 4) is 28.5 Å². The van der Waals surface area contributed by atoms with Crippen LogP contribution in [0.3, 0.4) is 0 Å². The van der Waals surface area contributed by atoms with E-state index >= 15 is 0 Å². The van der Waals surface area contributed by atoms with Gasteiger partial charge < -0.3 is 14.2 Å². The van der Waals surface area contributed by atoms with Gasteiger partial charge in [-0.3, -0.25) is 9.89 Å². The van der Waals surface area contributed by atoms with E-state index in [4.69, 9.17) is 14.2 Å². The average molecular weight is 457 g/mol. The van der Waals surface area contributed by atoms with E-state index in [1.54, 1.807) is 38.5 Å². The topological polar surface area (TPSA) is 97.8 Å². The molecule has 0 saturated carbocycles. The summed E-state index contributed by atoms with van der Waals surface area (Å²) < 4.78 is 16.5.